The Balaban J connectivity index is 2.72. The van der Waals surface area contributed by atoms with Crippen LogP contribution in [0.2, 0.25) is 0 Å². The summed E-state index contributed by atoms with van der Waals surface area (Å²) in [5.74, 6) is 0.876. The number of amides is 1. The number of carbonyl (C=O) groups excluding carboxylic acids is 1. The number of nitrogens with one attached hydrogen (secondary N) is 1. The summed E-state index contributed by atoms with van der Waals surface area (Å²) < 4.78 is 5.54. The average Bonchev–Trinajstić information content (AvgIpc) is 2.34. The van der Waals surface area contributed by atoms with Crippen LogP contribution in [0.4, 0.5) is 5.69 Å². The molecule has 0 unspecified atom stereocenters. The van der Waals surface area contributed by atoms with Crippen LogP contribution in [0.3, 0.4) is 0 Å². The maximum atomic E-state index is 11.7. The second-order valence-corrected chi connectivity index (χ2v) is 4.46. The van der Waals surface area contributed by atoms with Crippen molar-refractivity contribution >= 4 is 11.6 Å². The summed E-state index contributed by atoms with van der Waals surface area (Å²) >= 11 is 0. The van der Waals surface area contributed by atoms with Gasteiger partial charge in [-0.3, -0.25) is 4.79 Å². The fourth-order valence-electron chi connectivity index (χ4n) is 1.34. The Morgan fingerprint density at radius 1 is 1.56 bits per heavy atom. The molecule has 4 nitrogen and oxygen atoms in total. The van der Waals surface area contributed by atoms with Gasteiger partial charge in [-0.2, -0.15) is 0 Å². The van der Waals surface area contributed by atoms with Crippen molar-refractivity contribution in [2.24, 2.45) is 5.92 Å². The lowest BCUT2D eigenvalue weighted by molar-refractivity contribution is 0.0958. The molecule has 0 atom stereocenters. The average molecular weight is 248 g/mol. The highest BCUT2D eigenvalue weighted by Gasteiger charge is 2.08. The van der Waals surface area contributed by atoms with Crippen LogP contribution >= 0.6 is 0 Å². The topological polar surface area (TPSA) is 64.3 Å². The number of hydrogen-bond donors (Lipinski definition) is 2. The molecule has 1 rings (SSSR count). The zero-order valence-corrected chi connectivity index (χ0v) is 10.9. The predicted molar refractivity (Wildman–Crippen MR) is 73.7 cm³/mol. The molecule has 0 saturated heterocycles. The van der Waals surface area contributed by atoms with Gasteiger partial charge in [-0.05, 0) is 24.1 Å². The van der Waals surface area contributed by atoms with Crippen LogP contribution in [0.25, 0.3) is 0 Å². The minimum absolute atomic E-state index is 0.169. The van der Waals surface area contributed by atoms with E-state index in [9.17, 15) is 4.79 Å². The molecule has 0 heterocycles. The zero-order valence-electron chi connectivity index (χ0n) is 10.9. The Labute approximate surface area is 108 Å². The molecule has 1 amide bonds. The molecule has 1 aromatic carbocycles. The third-order valence-electron chi connectivity index (χ3n) is 2.25. The van der Waals surface area contributed by atoms with Crippen molar-refractivity contribution < 1.29 is 9.53 Å². The van der Waals surface area contributed by atoms with Crippen LogP contribution in [0, 0.1) is 5.92 Å². The van der Waals surface area contributed by atoms with Crippen LogP contribution in [-0.4, -0.2) is 19.1 Å². The maximum absolute atomic E-state index is 11.7. The first-order valence-corrected chi connectivity index (χ1v) is 5.96. The van der Waals surface area contributed by atoms with E-state index in [1.165, 1.54) is 0 Å². The molecule has 4 heteroatoms. The van der Waals surface area contributed by atoms with E-state index in [0.717, 1.165) is 0 Å². The number of ether oxygens (including phenoxy) is 1. The monoisotopic (exact) mass is 248 g/mol. The van der Waals surface area contributed by atoms with Gasteiger partial charge in [0.25, 0.3) is 5.91 Å². The van der Waals surface area contributed by atoms with Crippen molar-refractivity contribution in [1.29, 1.82) is 0 Å². The second-order valence-electron chi connectivity index (χ2n) is 4.46. The van der Waals surface area contributed by atoms with Gasteiger partial charge in [0, 0.05) is 12.1 Å². The zero-order chi connectivity index (χ0) is 13.5. The summed E-state index contributed by atoms with van der Waals surface area (Å²) in [6.07, 6.45) is 1.63. The van der Waals surface area contributed by atoms with Crippen LogP contribution in [0.15, 0.2) is 30.9 Å². The van der Waals surface area contributed by atoms with E-state index < -0.39 is 0 Å². The molecule has 3 N–H and O–H groups in total. The highest BCUT2D eigenvalue weighted by molar-refractivity contribution is 5.95. The third-order valence-corrected chi connectivity index (χ3v) is 2.25. The van der Waals surface area contributed by atoms with E-state index >= 15 is 0 Å². The summed E-state index contributed by atoms with van der Waals surface area (Å²) in [5, 5.41) is 2.69. The number of nitrogen functional groups attached to an aromatic ring is 1. The first-order valence-electron chi connectivity index (χ1n) is 5.96. The smallest absolute Gasteiger partial charge is 0.251 e. The lowest BCUT2D eigenvalue weighted by atomic mass is 10.1. The van der Waals surface area contributed by atoms with Crippen LogP contribution < -0.4 is 15.8 Å². The van der Waals surface area contributed by atoms with Gasteiger partial charge in [0.1, 0.15) is 5.75 Å². The summed E-state index contributed by atoms with van der Waals surface area (Å²) in [6.45, 7) is 8.70. The molecule has 1 aromatic rings. The fraction of sp³-hybridized carbons (Fsp3) is 0.357. The Bertz CT molecular complexity index is 428. The molecule has 0 spiro atoms. The Kier molecular flexibility index (Phi) is 5.24. The SMILES string of the molecule is C=CCNC(=O)c1ccc(OCC(C)C)c(N)c1. The van der Waals surface area contributed by atoms with Gasteiger partial charge in [0.2, 0.25) is 0 Å². The minimum atomic E-state index is -0.169. The Morgan fingerprint density at radius 2 is 2.28 bits per heavy atom. The van der Waals surface area contributed by atoms with Crippen molar-refractivity contribution in [3.8, 4) is 5.75 Å². The van der Waals surface area contributed by atoms with Gasteiger partial charge in [-0.1, -0.05) is 19.9 Å². The maximum Gasteiger partial charge on any atom is 0.251 e. The van der Waals surface area contributed by atoms with Crippen molar-refractivity contribution in [3.05, 3.63) is 36.4 Å². The third kappa shape index (κ3) is 4.13. The standard InChI is InChI=1S/C14H20N2O2/c1-4-7-16-14(17)11-5-6-13(12(15)8-11)18-9-10(2)3/h4-6,8,10H,1,7,9,15H2,2-3H3,(H,16,17). The number of benzene rings is 1. The minimum Gasteiger partial charge on any atom is -0.491 e. The highest BCUT2D eigenvalue weighted by Crippen LogP contribution is 2.23. The molecule has 0 fully saturated rings. The molecular formula is C14H20N2O2. The van der Waals surface area contributed by atoms with Gasteiger partial charge >= 0.3 is 0 Å². The van der Waals surface area contributed by atoms with Gasteiger partial charge in [0.05, 0.1) is 12.3 Å². The van der Waals surface area contributed by atoms with E-state index in [4.69, 9.17) is 10.5 Å². The van der Waals surface area contributed by atoms with E-state index in [1.54, 1.807) is 24.3 Å². The normalized spacial score (nSPS) is 10.2. The first-order chi connectivity index (χ1) is 8.54. The van der Waals surface area contributed by atoms with E-state index in [-0.39, 0.29) is 5.91 Å². The lowest BCUT2D eigenvalue weighted by Gasteiger charge is -2.12. The second kappa shape index (κ2) is 6.69. The number of nitrogens with two attached hydrogens (primary N) is 1. The van der Waals surface area contributed by atoms with Crippen molar-refractivity contribution in [3.63, 3.8) is 0 Å². The molecular weight excluding hydrogens is 228 g/mol. The molecule has 18 heavy (non-hydrogen) atoms. The lowest BCUT2D eigenvalue weighted by Crippen LogP contribution is -2.23. The van der Waals surface area contributed by atoms with Crippen molar-refractivity contribution in [2.45, 2.75) is 13.8 Å². The largest absolute Gasteiger partial charge is 0.491 e. The van der Waals surface area contributed by atoms with Gasteiger partial charge in [-0.15, -0.1) is 6.58 Å². The number of anilines is 1. The summed E-state index contributed by atoms with van der Waals surface area (Å²) in [4.78, 5) is 11.7. The van der Waals surface area contributed by atoms with Crippen LogP contribution in [-0.2, 0) is 0 Å². The summed E-state index contributed by atoms with van der Waals surface area (Å²) in [5.41, 5.74) is 6.84. The van der Waals surface area contributed by atoms with E-state index in [2.05, 4.69) is 25.7 Å². The van der Waals surface area contributed by atoms with Crippen LogP contribution in [0.1, 0.15) is 24.2 Å². The van der Waals surface area contributed by atoms with Crippen LogP contribution in [0.5, 0.6) is 5.75 Å². The summed E-state index contributed by atoms with van der Waals surface area (Å²) in [7, 11) is 0. The molecule has 0 radical (unpaired) electrons. The van der Waals surface area contributed by atoms with Gasteiger partial charge < -0.3 is 15.8 Å². The summed E-state index contributed by atoms with van der Waals surface area (Å²) in [6, 6.07) is 5.04. The number of rotatable bonds is 6. The number of carbonyl (C=O) groups is 1. The first kappa shape index (κ1) is 14.1. The Morgan fingerprint density at radius 3 is 2.83 bits per heavy atom. The molecule has 0 aromatic heterocycles. The predicted octanol–water partition coefficient (Wildman–Crippen LogP) is 2.22. The quantitative estimate of drug-likeness (QED) is 0.599. The fourth-order valence-corrected chi connectivity index (χ4v) is 1.34. The van der Waals surface area contributed by atoms with E-state index in [0.29, 0.717) is 36.1 Å². The molecule has 0 saturated carbocycles. The Hall–Kier alpha value is -1.97. The molecule has 0 aliphatic rings. The van der Waals surface area contributed by atoms with Crippen molar-refractivity contribution in [2.75, 3.05) is 18.9 Å². The van der Waals surface area contributed by atoms with E-state index in [1.807, 2.05) is 0 Å². The van der Waals surface area contributed by atoms with Crippen molar-refractivity contribution in [1.82, 2.24) is 5.32 Å². The number of hydrogen-bond acceptors (Lipinski definition) is 3. The molecule has 0 aliphatic heterocycles. The highest BCUT2D eigenvalue weighted by atomic mass is 16.5. The van der Waals surface area contributed by atoms with Gasteiger partial charge in [-0.25, -0.2) is 0 Å². The molecule has 98 valence electrons. The molecule has 0 aliphatic carbocycles. The van der Waals surface area contributed by atoms with Gasteiger partial charge in [0.15, 0.2) is 0 Å². The molecule has 0 bridgehead atoms.